The Morgan fingerprint density at radius 2 is 1.88 bits per heavy atom. The van der Waals surface area contributed by atoms with Crippen LogP contribution in [0.4, 0.5) is 0 Å². The molecule has 7 heteroatoms. The van der Waals surface area contributed by atoms with Gasteiger partial charge in [-0.15, -0.1) is 11.3 Å². The maximum Gasteiger partial charge on any atom is 0.259 e. The number of carbonyl (C=O) groups is 1. The van der Waals surface area contributed by atoms with Gasteiger partial charge in [-0.1, -0.05) is 60.2 Å². The van der Waals surface area contributed by atoms with E-state index in [4.69, 9.17) is 4.98 Å². The second-order valence-corrected chi connectivity index (χ2v) is 10.9. The largest absolute Gasteiger partial charge is 0.345 e. The molecule has 1 amide bonds. The minimum absolute atomic E-state index is 0.00788. The van der Waals surface area contributed by atoms with Gasteiger partial charge in [0.05, 0.1) is 17.2 Å². The maximum absolute atomic E-state index is 12.8. The number of hydrogen-bond donors (Lipinski definition) is 2. The van der Waals surface area contributed by atoms with Crippen LogP contribution in [0.15, 0.2) is 59.4 Å². The summed E-state index contributed by atoms with van der Waals surface area (Å²) in [5.41, 5.74) is 4.49. The van der Waals surface area contributed by atoms with Crippen molar-refractivity contribution in [3.8, 4) is 0 Å². The molecule has 174 valence electrons. The first kappa shape index (κ1) is 22.9. The van der Waals surface area contributed by atoms with Crippen LogP contribution in [0, 0.1) is 6.92 Å². The molecule has 0 spiro atoms. The van der Waals surface area contributed by atoms with Gasteiger partial charge in [0.15, 0.2) is 0 Å². The van der Waals surface area contributed by atoms with Crippen LogP contribution in [0.3, 0.4) is 0 Å². The smallest absolute Gasteiger partial charge is 0.259 e. The van der Waals surface area contributed by atoms with Gasteiger partial charge in [0.1, 0.15) is 10.7 Å². The average molecular weight is 490 g/mol. The Morgan fingerprint density at radius 1 is 1.12 bits per heavy atom. The van der Waals surface area contributed by atoms with Gasteiger partial charge in [0.25, 0.3) is 5.56 Å². The van der Waals surface area contributed by atoms with Crippen LogP contribution in [0.2, 0.25) is 0 Å². The number of aryl methyl sites for hydroxylation is 3. The fourth-order valence-electron chi connectivity index (χ4n) is 4.45. The minimum atomic E-state index is -0.180. The molecule has 0 saturated carbocycles. The summed E-state index contributed by atoms with van der Waals surface area (Å²) in [6, 6.07) is 18.1. The molecule has 0 aliphatic heterocycles. The number of nitrogens with one attached hydrogen (secondary N) is 2. The van der Waals surface area contributed by atoms with Crippen molar-refractivity contribution < 1.29 is 4.79 Å². The van der Waals surface area contributed by atoms with E-state index in [9.17, 15) is 9.59 Å². The summed E-state index contributed by atoms with van der Waals surface area (Å²) in [5, 5.41) is 3.98. The number of aromatic nitrogens is 2. The number of thioether (sulfide) groups is 1. The van der Waals surface area contributed by atoms with Crippen molar-refractivity contribution in [1.29, 1.82) is 0 Å². The summed E-state index contributed by atoms with van der Waals surface area (Å²) in [7, 11) is 0. The Hall–Kier alpha value is -2.90. The molecule has 2 aromatic heterocycles. The first-order chi connectivity index (χ1) is 16.6. The molecule has 1 atom stereocenters. The quantitative estimate of drug-likeness (QED) is 0.329. The van der Waals surface area contributed by atoms with Crippen LogP contribution >= 0.6 is 23.1 Å². The molecule has 0 bridgehead atoms. The van der Waals surface area contributed by atoms with Crippen LogP contribution < -0.4 is 10.9 Å². The molecule has 2 N–H and O–H groups in total. The highest BCUT2D eigenvalue weighted by Crippen LogP contribution is 2.34. The normalized spacial score (nSPS) is 13.7. The van der Waals surface area contributed by atoms with E-state index in [1.165, 1.54) is 16.0 Å². The molecule has 1 aliphatic carbocycles. The fraction of sp³-hybridized carbons (Fsp3) is 0.296. The van der Waals surface area contributed by atoms with Crippen molar-refractivity contribution in [2.75, 3.05) is 5.75 Å². The number of benzene rings is 2. The average Bonchev–Trinajstić information content (AvgIpc) is 3.43. The van der Waals surface area contributed by atoms with Gasteiger partial charge in [-0.3, -0.25) is 9.59 Å². The van der Waals surface area contributed by atoms with Gasteiger partial charge in [-0.2, -0.15) is 11.8 Å². The lowest BCUT2D eigenvalue weighted by Crippen LogP contribution is -2.29. The van der Waals surface area contributed by atoms with Crippen LogP contribution in [0.5, 0.6) is 0 Å². The lowest BCUT2D eigenvalue weighted by molar-refractivity contribution is -0.121. The van der Waals surface area contributed by atoms with Gasteiger partial charge in [0, 0.05) is 17.1 Å². The lowest BCUT2D eigenvalue weighted by Gasteiger charge is -2.20. The molecular weight excluding hydrogens is 462 g/mol. The second-order valence-electron chi connectivity index (χ2n) is 8.67. The number of thiophene rings is 1. The van der Waals surface area contributed by atoms with Crippen LogP contribution in [-0.2, 0) is 23.4 Å². The Kier molecular flexibility index (Phi) is 6.83. The molecule has 0 radical (unpaired) electrons. The highest BCUT2D eigenvalue weighted by atomic mass is 32.2. The van der Waals surface area contributed by atoms with Crippen molar-refractivity contribution in [2.24, 2.45) is 0 Å². The van der Waals surface area contributed by atoms with Crippen molar-refractivity contribution >= 4 is 39.2 Å². The Labute approximate surface area is 207 Å². The van der Waals surface area contributed by atoms with Crippen LogP contribution in [0.1, 0.15) is 51.8 Å². The summed E-state index contributed by atoms with van der Waals surface area (Å²) in [6.45, 7) is 2.06. The minimum Gasteiger partial charge on any atom is -0.345 e. The number of hydrogen-bond acceptors (Lipinski definition) is 5. The molecule has 5 nitrogen and oxygen atoms in total. The molecule has 2 aromatic carbocycles. The van der Waals surface area contributed by atoms with E-state index >= 15 is 0 Å². The number of aromatic amines is 1. The number of amides is 1. The fourth-order valence-corrected chi connectivity index (χ4v) is 6.53. The zero-order chi connectivity index (χ0) is 23.5. The molecular formula is C27H27N3O2S2. The van der Waals surface area contributed by atoms with Crippen molar-refractivity contribution in [2.45, 2.75) is 44.4 Å². The number of fused-ring (bicyclic) bond motifs is 3. The van der Waals surface area contributed by atoms with Gasteiger partial charge in [-0.05, 0) is 42.9 Å². The second kappa shape index (κ2) is 10.2. The van der Waals surface area contributed by atoms with Gasteiger partial charge in [0.2, 0.25) is 5.91 Å². The summed E-state index contributed by atoms with van der Waals surface area (Å²) >= 11 is 3.27. The van der Waals surface area contributed by atoms with Crippen molar-refractivity contribution in [3.63, 3.8) is 0 Å². The van der Waals surface area contributed by atoms with Crippen LogP contribution in [0.25, 0.3) is 10.2 Å². The Bertz CT molecular complexity index is 1360. The highest BCUT2D eigenvalue weighted by molar-refractivity contribution is 7.98. The molecule has 0 fully saturated rings. The zero-order valence-electron chi connectivity index (χ0n) is 19.1. The van der Waals surface area contributed by atoms with E-state index in [0.29, 0.717) is 23.8 Å². The Balaban J connectivity index is 1.19. The van der Waals surface area contributed by atoms with Gasteiger partial charge in [-0.25, -0.2) is 4.98 Å². The third-order valence-corrected chi connectivity index (χ3v) is 8.34. The van der Waals surface area contributed by atoms with Crippen LogP contribution in [-0.4, -0.2) is 21.6 Å². The summed E-state index contributed by atoms with van der Waals surface area (Å²) < 4.78 is 0. The van der Waals surface area contributed by atoms with Crippen molar-refractivity contribution in [3.05, 3.63) is 97.9 Å². The first-order valence-corrected chi connectivity index (χ1v) is 13.6. The predicted molar refractivity (Wildman–Crippen MR) is 141 cm³/mol. The standard InChI is InChI=1S/C27H27N3O2S2/c1-17-10-12-19(13-11-17)25(18-6-3-2-4-7-18)30-23(31)14-15-33-16-22-28-26(32)24-20-8-5-9-21(20)34-27(24)29-22/h2-4,6-7,10-13,25H,5,8-9,14-16H2,1H3,(H,30,31)(H,28,29,32)/t25-/m0/s1. The van der Waals surface area contributed by atoms with Gasteiger partial charge >= 0.3 is 0 Å². The zero-order valence-corrected chi connectivity index (χ0v) is 20.7. The molecule has 0 saturated heterocycles. The molecule has 34 heavy (non-hydrogen) atoms. The molecule has 4 aromatic rings. The topological polar surface area (TPSA) is 74.8 Å². The predicted octanol–water partition coefficient (Wildman–Crippen LogP) is 5.31. The van der Waals surface area contributed by atoms with E-state index in [2.05, 4.69) is 41.5 Å². The summed E-state index contributed by atoms with van der Waals surface area (Å²) in [5.74, 6) is 1.93. The molecule has 2 heterocycles. The van der Waals surface area contributed by atoms with E-state index in [1.807, 2.05) is 30.3 Å². The molecule has 5 rings (SSSR count). The summed E-state index contributed by atoms with van der Waals surface area (Å²) in [4.78, 5) is 35.2. The van der Waals surface area contributed by atoms with E-state index < -0.39 is 0 Å². The highest BCUT2D eigenvalue weighted by Gasteiger charge is 2.21. The number of rotatable bonds is 8. The van der Waals surface area contributed by atoms with Crippen molar-refractivity contribution in [1.82, 2.24) is 15.3 Å². The Morgan fingerprint density at radius 3 is 2.68 bits per heavy atom. The van der Waals surface area contributed by atoms with E-state index in [1.54, 1.807) is 23.1 Å². The van der Waals surface area contributed by atoms with E-state index in [-0.39, 0.29) is 17.5 Å². The number of nitrogens with zero attached hydrogens (tertiary/aromatic N) is 1. The number of H-pyrrole nitrogens is 1. The molecule has 1 aliphatic rings. The van der Waals surface area contributed by atoms with E-state index in [0.717, 1.165) is 40.6 Å². The lowest BCUT2D eigenvalue weighted by atomic mass is 9.97. The first-order valence-electron chi connectivity index (χ1n) is 11.6. The van der Waals surface area contributed by atoms with Gasteiger partial charge < -0.3 is 10.3 Å². The maximum atomic E-state index is 12.8. The monoisotopic (exact) mass is 489 g/mol. The SMILES string of the molecule is Cc1ccc([C@@H](NC(=O)CCSCc2nc3sc4c(c3c(=O)[nH]2)CCC4)c2ccccc2)cc1. The molecule has 0 unspecified atom stereocenters. The summed E-state index contributed by atoms with van der Waals surface area (Å²) in [6.07, 6.45) is 3.57. The third-order valence-electron chi connectivity index (χ3n) is 6.19. The number of carbonyl (C=O) groups excluding carboxylic acids is 1. The third kappa shape index (κ3) is 4.95.